The van der Waals surface area contributed by atoms with Crippen LogP contribution in [-0.2, 0) is 41.8 Å². The maximum absolute atomic E-state index is 13.1. The first-order chi connectivity index (χ1) is 18.6. The molecule has 0 saturated carbocycles. The van der Waals surface area contributed by atoms with E-state index in [1.807, 2.05) is 6.07 Å². The average Bonchev–Trinajstić information content (AvgIpc) is 3.25. The molecular weight excluding hydrogens is 536 g/mol. The molecule has 1 saturated heterocycles. The fraction of sp³-hybridized carbons (Fsp3) is 0.308. The zero-order valence-corrected chi connectivity index (χ0v) is 21.2. The summed E-state index contributed by atoms with van der Waals surface area (Å²) >= 11 is 6.06. The number of rotatable bonds is 10. The molecular formula is C26H23ClN2O10. The Balaban J connectivity index is 1.42. The zero-order chi connectivity index (χ0) is 28.3. The summed E-state index contributed by atoms with van der Waals surface area (Å²) in [6.45, 7) is 1.19. The third-order valence-electron chi connectivity index (χ3n) is 6.43. The van der Waals surface area contributed by atoms with Gasteiger partial charge >= 0.3 is 18.1 Å². The fourth-order valence-corrected chi connectivity index (χ4v) is 4.70. The minimum atomic E-state index is -1.62. The maximum Gasteiger partial charge on any atom is 0.508 e. The van der Waals surface area contributed by atoms with Crippen molar-refractivity contribution >= 4 is 41.3 Å². The molecule has 0 spiro atoms. The lowest BCUT2D eigenvalue weighted by molar-refractivity contribution is -0.384. The van der Waals surface area contributed by atoms with Gasteiger partial charge in [-0.15, -0.1) is 11.6 Å². The van der Waals surface area contributed by atoms with Gasteiger partial charge in [-0.2, -0.15) is 0 Å². The van der Waals surface area contributed by atoms with Crippen molar-refractivity contribution in [3.8, 4) is 0 Å². The molecule has 4 rings (SSSR count). The number of nitro groups is 1. The van der Waals surface area contributed by atoms with Gasteiger partial charge in [-0.3, -0.25) is 19.7 Å². The molecule has 2 aromatic carbocycles. The third kappa shape index (κ3) is 5.85. The molecule has 2 aliphatic heterocycles. The summed E-state index contributed by atoms with van der Waals surface area (Å²) in [5, 5.41) is 18.7. The number of ether oxygens (including phenoxy) is 3. The number of hydrogen-bond donors (Lipinski definition) is 1. The first-order valence-corrected chi connectivity index (χ1v) is 12.2. The van der Waals surface area contributed by atoms with E-state index in [1.165, 1.54) is 37.3 Å². The summed E-state index contributed by atoms with van der Waals surface area (Å²) in [6, 6.07) is 12.1. The van der Waals surface area contributed by atoms with Gasteiger partial charge in [0.05, 0.1) is 16.9 Å². The smallest absolute Gasteiger partial charge is 0.480 e. The number of esters is 1. The van der Waals surface area contributed by atoms with E-state index in [4.69, 9.17) is 25.8 Å². The molecule has 0 radical (unpaired) electrons. The molecule has 12 nitrogen and oxygen atoms in total. The second kappa shape index (κ2) is 11.5. The normalized spacial score (nSPS) is 21.1. The third-order valence-corrected chi connectivity index (χ3v) is 6.87. The van der Waals surface area contributed by atoms with Crippen LogP contribution < -0.4 is 0 Å². The number of nitro benzene ring substituents is 1. The first-order valence-electron chi connectivity index (χ1n) is 11.8. The second-order valence-electron chi connectivity index (χ2n) is 8.91. The van der Waals surface area contributed by atoms with E-state index in [-0.39, 0.29) is 24.5 Å². The van der Waals surface area contributed by atoms with Gasteiger partial charge in [0.2, 0.25) is 5.91 Å². The Hall–Kier alpha value is -4.45. The van der Waals surface area contributed by atoms with Gasteiger partial charge in [0, 0.05) is 12.1 Å². The summed E-state index contributed by atoms with van der Waals surface area (Å²) in [5.41, 5.74) is 1.00. The molecule has 39 heavy (non-hydrogen) atoms. The van der Waals surface area contributed by atoms with Crippen molar-refractivity contribution < 1.29 is 43.4 Å². The van der Waals surface area contributed by atoms with Crippen LogP contribution in [0.4, 0.5) is 10.5 Å². The van der Waals surface area contributed by atoms with Gasteiger partial charge in [-0.1, -0.05) is 36.4 Å². The molecule has 0 aliphatic carbocycles. The summed E-state index contributed by atoms with van der Waals surface area (Å²) in [4.78, 5) is 61.3. The number of benzene rings is 2. The lowest BCUT2D eigenvalue weighted by Gasteiger charge is -2.46. The average molecular weight is 559 g/mol. The quantitative estimate of drug-likeness (QED) is 0.114. The largest absolute Gasteiger partial charge is 0.508 e. The Labute approximate surface area is 226 Å². The maximum atomic E-state index is 13.1. The van der Waals surface area contributed by atoms with Crippen LogP contribution in [0.2, 0.25) is 0 Å². The van der Waals surface area contributed by atoms with Crippen LogP contribution in [0.25, 0.3) is 0 Å². The van der Waals surface area contributed by atoms with Crippen LogP contribution in [0, 0.1) is 16.0 Å². The molecule has 0 aromatic heterocycles. The molecule has 2 aromatic rings. The lowest BCUT2D eigenvalue weighted by atomic mass is 9.84. The number of alkyl halides is 1. The summed E-state index contributed by atoms with van der Waals surface area (Å²) in [5.74, 6) is -3.79. The number of hydrogen-bond acceptors (Lipinski definition) is 9. The number of non-ortho nitro benzene ring substituents is 1. The van der Waals surface area contributed by atoms with Crippen LogP contribution in [-0.4, -0.2) is 62.5 Å². The minimum absolute atomic E-state index is 0.0280. The SMILES string of the molecule is CC(OC(=O)OCc1ccccc1)C1C(=O)N2C(C(=O)OCc3ccc([N+](=O)[O-])cc3)C(C(Cl)C(=O)O)=CC12. The zero-order valence-electron chi connectivity index (χ0n) is 20.5. The van der Waals surface area contributed by atoms with E-state index in [0.29, 0.717) is 5.56 Å². The van der Waals surface area contributed by atoms with Crippen molar-refractivity contribution in [1.29, 1.82) is 0 Å². The number of carbonyl (C=O) groups is 4. The molecule has 2 heterocycles. The van der Waals surface area contributed by atoms with Crippen molar-refractivity contribution in [2.75, 3.05) is 0 Å². The Morgan fingerprint density at radius 3 is 2.28 bits per heavy atom. The van der Waals surface area contributed by atoms with E-state index in [9.17, 15) is 34.4 Å². The highest BCUT2D eigenvalue weighted by Gasteiger charge is 2.60. The summed E-state index contributed by atoms with van der Waals surface area (Å²) in [7, 11) is 0. The highest BCUT2D eigenvalue weighted by Crippen LogP contribution is 2.43. The monoisotopic (exact) mass is 558 g/mol. The van der Waals surface area contributed by atoms with Gasteiger partial charge in [-0.25, -0.2) is 9.59 Å². The van der Waals surface area contributed by atoms with Crippen molar-refractivity contribution in [3.63, 3.8) is 0 Å². The molecule has 0 bridgehead atoms. The van der Waals surface area contributed by atoms with Crippen molar-refractivity contribution in [2.24, 2.45) is 5.92 Å². The molecule has 1 fully saturated rings. The van der Waals surface area contributed by atoms with E-state index < -0.39 is 58.4 Å². The number of nitrogens with zero attached hydrogens (tertiary/aromatic N) is 2. The van der Waals surface area contributed by atoms with Gasteiger partial charge in [0.1, 0.15) is 19.3 Å². The number of amides is 1. The molecule has 204 valence electrons. The minimum Gasteiger partial charge on any atom is -0.480 e. The van der Waals surface area contributed by atoms with E-state index in [0.717, 1.165) is 10.5 Å². The summed E-state index contributed by atoms with van der Waals surface area (Å²) in [6.07, 6.45) is -0.530. The Morgan fingerprint density at radius 2 is 1.67 bits per heavy atom. The van der Waals surface area contributed by atoms with Crippen LogP contribution in [0.1, 0.15) is 18.1 Å². The van der Waals surface area contributed by atoms with Gasteiger partial charge in [0.15, 0.2) is 11.4 Å². The molecule has 1 amide bonds. The fourth-order valence-electron chi connectivity index (χ4n) is 4.50. The number of aliphatic carboxylic acids is 1. The topological polar surface area (TPSA) is 163 Å². The van der Waals surface area contributed by atoms with Gasteiger partial charge < -0.3 is 24.2 Å². The highest BCUT2D eigenvalue weighted by atomic mass is 35.5. The van der Waals surface area contributed by atoms with Crippen LogP contribution in [0.5, 0.6) is 0 Å². The van der Waals surface area contributed by atoms with Crippen LogP contribution in [0.3, 0.4) is 0 Å². The van der Waals surface area contributed by atoms with Crippen LogP contribution in [0.15, 0.2) is 66.2 Å². The molecule has 1 N–H and O–H groups in total. The number of carboxylic acids is 1. The molecule has 5 atom stereocenters. The number of carbonyl (C=O) groups excluding carboxylic acids is 3. The predicted octanol–water partition coefficient (Wildman–Crippen LogP) is 3.21. The van der Waals surface area contributed by atoms with Gasteiger partial charge in [0.25, 0.3) is 5.69 Å². The number of fused-ring (bicyclic) bond motifs is 1. The molecule has 5 unspecified atom stereocenters. The Bertz CT molecular complexity index is 1310. The van der Waals surface area contributed by atoms with Crippen molar-refractivity contribution in [1.82, 2.24) is 4.90 Å². The van der Waals surface area contributed by atoms with Crippen molar-refractivity contribution in [3.05, 3.63) is 87.5 Å². The Morgan fingerprint density at radius 1 is 1.05 bits per heavy atom. The lowest BCUT2D eigenvalue weighted by Crippen LogP contribution is -2.66. The summed E-state index contributed by atoms with van der Waals surface area (Å²) < 4.78 is 15.7. The number of β-lactam (4-membered cyclic amide) rings is 1. The van der Waals surface area contributed by atoms with E-state index >= 15 is 0 Å². The van der Waals surface area contributed by atoms with Crippen molar-refractivity contribution in [2.45, 2.75) is 43.7 Å². The van der Waals surface area contributed by atoms with Gasteiger partial charge in [-0.05, 0) is 35.8 Å². The Kier molecular flexibility index (Phi) is 8.15. The van der Waals surface area contributed by atoms with E-state index in [1.54, 1.807) is 24.3 Å². The molecule has 2 aliphatic rings. The van der Waals surface area contributed by atoms with E-state index in [2.05, 4.69) is 0 Å². The first kappa shape index (κ1) is 27.6. The standard InChI is InChI=1S/C26H23ClN2O10/c1-14(39-26(34)38-13-15-5-3-2-4-6-15)20-19-11-18(21(27)24(31)32)22(28(19)23(20)30)25(33)37-12-16-7-9-17(10-8-16)29(35)36/h2-11,14,19-22H,12-13H2,1H3,(H,31,32). The van der Waals surface area contributed by atoms with Crippen LogP contribution >= 0.6 is 11.6 Å². The molecule has 13 heteroatoms. The predicted molar refractivity (Wildman–Crippen MR) is 133 cm³/mol. The number of carboxylic acid groups (broad SMARTS) is 1. The highest BCUT2D eigenvalue weighted by molar-refractivity contribution is 6.32. The number of halogens is 1. The second-order valence-corrected chi connectivity index (χ2v) is 9.35.